The molecule has 0 atom stereocenters. The maximum Gasteiger partial charge on any atom is 0.264 e. The standard InChI is InChI=1S/C20H16BrClN2O3S/c21-15-6-10-17(11-7-15)23-20(25)14-24(18-4-2-1-3-5-18)28(26,27)19-12-8-16(22)9-13-19/h1-13H,14H2,(H,23,25). The van der Waals surface area contributed by atoms with E-state index < -0.39 is 15.9 Å². The van der Waals surface area contributed by atoms with Gasteiger partial charge in [0.25, 0.3) is 10.0 Å². The van der Waals surface area contributed by atoms with Crippen LogP contribution in [0.2, 0.25) is 5.02 Å². The number of nitrogens with one attached hydrogen (secondary N) is 1. The first-order valence-corrected chi connectivity index (χ1v) is 10.9. The van der Waals surface area contributed by atoms with Crippen LogP contribution in [-0.2, 0) is 14.8 Å². The molecule has 1 N–H and O–H groups in total. The number of sulfonamides is 1. The molecular formula is C20H16BrClN2O3S. The van der Waals surface area contributed by atoms with Crippen LogP contribution in [0.5, 0.6) is 0 Å². The van der Waals surface area contributed by atoms with Crippen molar-refractivity contribution in [2.24, 2.45) is 0 Å². The lowest BCUT2D eigenvalue weighted by atomic mass is 10.3. The van der Waals surface area contributed by atoms with Crippen LogP contribution in [-0.4, -0.2) is 20.9 Å². The molecule has 0 fully saturated rings. The molecule has 0 aliphatic heterocycles. The molecule has 0 heterocycles. The molecule has 0 unspecified atom stereocenters. The SMILES string of the molecule is O=C(CN(c1ccccc1)S(=O)(=O)c1ccc(Cl)cc1)Nc1ccc(Br)cc1. The number of benzene rings is 3. The summed E-state index contributed by atoms with van der Waals surface area (Å²) in [6.45, 7) is -0.370. The van der Waals surface area contributed by atoms with Gasteiger partial charge in [-0.15, -0.1) is 0 Å². The lowest BCUT2D eigenvalue weighted by Crippen LogP contribution is -2.38. The molecule has 0 spiro atoms. The number of hydrogen-bond acceptors (Lipinski definition) is 3. The number of carbonyl (C=O) groups is 1. The van der Waals surface area contributed by atoms with Crippen molar-refractivity contribution < 1.29 is 13.2 Å². The third-order valence-electron chi connectivity index (χ3n) is 3.86. The third kappa shape index (κ3) is 4.92. The maximum absolute atomic E-state index is 13.2. The number of amides is 1. The highest BCUT2D eigenvalue weighted by molar-refractivity contribution is 9.10. The van der Waals surface area contributed by atoms with Gasteiger partial charge in [0.05, 0.1) is 10.6 Å². The average molecular weight is 480 g/mol. The van der Waals surface area contributed by atoms with Crippen LogP contribution >= 0.6 is 27.5 Å². The second-order valence-electron chi connectivity index (χ2n) is 5.86. The fraction of sp³-hybridized carbons (Fsp3) is 0.0500. The summed E-state index contributed by atoms with van der Waals surface area (Å²) < 4.78 is 28.3. The first kappa shape index (κ1) is 20.4. The predicted molar refractivity (Wildman–Crippen MR) is 115 cm³/mol. The van der Waals surface area contributed by atoms with E-state index in [0.29, 0.717) is 16.4 Å². The van der Waals surface area contributed by atoms with Crippen molar-refractivity contribution >= 4 is 54.8 Å². The van der Waals surface area contributed by atoms with Crippen LogP contribution in [0.15, 0.2) is 88.2 Å². The summed E-state index contributed by atoms with van der Waals surface area (Å²) in [4.78, 5) is 12.6. The van der Waals surface area contributed by atoms with Crippen LogP contribution < -0.4 is 9.62 Å². The Hall–Kier alpha value is -2.35. The third-order valence-corrected chi connectivity index (χ3v) is 6.43. The monoisotopic (exact) mass is 478 g/mol. The molecule has 3 rings (SSSR count). The number of halogens is 2. The number of hydrogen-bond donors (Lipinski definition) is 1. The highest BCUT2D eigenvalue weighted by Gasteiger charge is 2.27. The smallest absolute Gasteiger partial charge is 0.264 e. The topological polar surface area (TPSA) is 66.5 Å². The summed E-state index contributed by atoms with van der Waals surface area (Å²) in [5, 5.41) is 3.14. The zero-order valence-electron chi connectivity index (χ0n) is 14.5. The Kier molecular flexibility index (Phi) is 6.39. The Morgan fingerprint density at radius 1 is 0.929 bits per heavy atom. The van der Waals surface area contributed by atoms with Crippen molar-refractivity contribution in [2.75, 3.05) is 16.2 Å². The maximum atomic E-state index is 13.2. The zero-order chi connectivity index (χ0) is 20.1. The second-order valence-corrected chi connectivity index (χ2v) is 9.07. The molecule has 0 saturated heterocycles. The van der Waals surface area contributed by atoms with E-state index in [2.05, 4.69) is 21.2 Å². The molecule has 0 bridgehead atoms. The summed E-state index contributed by atoms with van der Waals surface area (Å²) >= 11 is 9.20. The number of nitrogens with zero attached hydrogens (tertiary/aromatic N) is 1. The minimum atomic E-state index is -3.96. The Balaban J connectivity index is 1.90. The van der Waals surface area contributed by atoms with E-state index >= 15 is 0 Å². The van der Waals surface area contributed by atoms with E-state index in [4.69, 9.17) is 11.6 Å². The van der Waals surface area contributed by atoms with Gasteiger partial charge >= 0.3 is 0 Å². The van der Waals surface area contributed by atoms with E-state index in [-0.39, 0.29) is 11.4 Å². The molecular weight excluding hydrogens is 464 g/mol. The van der Waals surface area contributed by atoms with E-state index in [1.54, 1.807) is 54.6 Å². The summed E-state index contributed by atoms with van der Waals surface area (Å²) in [5.41, 5.74) is 0.966. The van der Waals surface area contributed by atoms with Gasteiger partial charge in [-0.1, -0.05) is 45.7 Å². The van der Waals surface area contributed by atoms with Crippen molar-refractivity contribution in [3.63, 3.8) is 0 Å². The quantitative estimate of drug-likeness (QED) is 0.545. The van der Waals surface area contributed by atoms with Crippen LogP contribution in [0.1, 0.15) is 0 Å². The van der Waals surface area contributed by atoms with Crippen molar-refractivity contribution in [3.8, 4) is 0 Å². The van der Waals surface area contributed by atoms with Crippen molar-refractivity contribution in [1.82, 2.24) is 0 Å². The zero-order valence-corrected chi connectivity index (χ0v) is 17.7. The van der Waals surface area contributed by atoms with Gasteiger partial charge in [0.1, 0.15) is 6.54 Å². The predicted octanol–water partition coefficient (Wildman–Crippen LogP) is 4.94. The molecule has 144 valence electrons. The second kappa shape index (κ2) is 8.77. The average Bonchev–Trinajstić information content (AvgIpc) is 2.69. The Morgan fingerprint density at radius 3 is 2.14 bits per heavy atom. The molecule has 0 aliphatic carbocycles. The van der Waals surface area contributed by atoms with E-state index in [9.17, 15) is 13.2 Å². The summed E-state index contributed by atoms with van der Waals surface area (Å²) in [6.07, 6.45) is 0. The van der Waals surface area contributed by atoms with Gasteiger partial charge in [0.2, 0.25) is 5.91 Å². The van der Waals surface area contributed by atoms with Crippen molar-refractivity contribution in [3.05, 3.63) is 88.4 Å². The van der Waals surface area contributed by atoms with Crippen molar-refractivity contribution in [2.45, 2.75) is 4.90 Å². The summed E-state index contributed by atoms with van der Waals surface area (Å²) in [7, 11) is -3.96. The minimum Gasteiger partial charge on any atom is -0.325 e. The summed E-state index contributed by atoms with van der Waals surface area (Å²) in [6, 6.07) is 21.3. The van der Waals surface area contributed by atoms with Gasteiger partial charge < -0.3 is 5.32 Å². The number of rotatable bonds is 6. The van der Waals surface area contributed by atoms with Crippen LogP contribution in [0.25, 0.3) is 0 Å². The molecule has 0 aliphatic rings. The van der Waals surface area contributed by atoms with E-state index in [0.717, 1.165) is 8.78 Å². The molecule has 1 amide bonds. The Morgan fingerprint density at radius 2 is 1.54 bits per heavy atom. The summed E-state index contributed by atoms with van der Waals surface area (Å²) in [5.74, 6) is -0.455. The van der Waals surface area contributed by atoms with Crippen LogP contribution in [0, 0.1) is 0 Å². The largest absolute Gasteiger partial charge is 0.325 e. The van der Waals surface area contributed by atoms with E-state index in [1.807, 2.05) is 0 Å². The molecule has 3 aromatic rings. The fourth-order valence-electron chi connectivity index (χ4n) is 2.51. The van der Waals surface area contributed by atoms with Crippen LogP contribution in [0.4, 0.5) is 11.4 Å². The number of para-hydroxylation sites is 1. The highest BCUT2D eigenvalue weighted by atomic mass is 79.9. The van der Waals surface area contributed by atoms with Gasteiger partial charge in [-0.05, 0) is 60.7 Å². The molecule has 28 heavy (non-hydrogen) atoms. The molecule has 0 saturated carbocycles. The highest BCUT2D eigenvalue weighted by Crippen LogP contribution is 2.24. The lowest BCUT2D eigenvalue weighted by Gasteiger charge is -2.24. The first-order valence-electron chi connectivity index (χ1n) is 8.25. The lowest BCUT2D eigenvalue weighted by molar-refractivity contribution is -0.114. The van der Waals surface area contributed by atoms with Crippen LogP contribution in [0.3, 0.4) is 0 Å². The Labute approximate surface area is 177 Å². The minimum absolute atomic E-state index is 0.0530. The van der Waals surface area contributed by atoms with Gasteiger partial charge in [0, 0.05) is 15.2 Å². The fourth-order valence-corrected chi connectivity index (χ4v) is 4.32. The van der Waals surface area contributed by atoms with E-state index in [1.165, 1.54) is 24.3 Å². The number of anilines is 2. The molecule has 0 aromatic heterocycles. The molecule has 3 aromatic carbocycles. The first-order chi connectivity index (χ1) is 13.4. The number of carbonyl (C=O) groups excluding carboxylic acids is 1. The molecule has 5 nitrogen and oxygen atoms in total. The van der Waals surface area contributed by atoms with Gasteiger partial charge in [-0.3, -0.25) is 9.10 Å². The Bertz CT molecular complexity index is 1060. The molecule has 0 radical (unpaired) electrons. The van der Waals surface area contributed by atoms with Gasteiger partial charge in [-0.25, -0.2) is 8.42 Å². The van der Waals surface area contributed by atoms with Gasteiger partial charge in [0.15, 0.2) is 0 Å². The van der Waals surface area contributed by atoms with Crippen molar-refractivity contribution in [1.29, 1.82) is 0 Å². The molecule has 8 heteroatoms. The normalized spacial score (nSPS) is 11.1. The van der Waals surface area contributed by atoms with Gasteiger partial charge in [-0.2, -0.15) is 0 Å².